The van der Waals surface area contributed by atoms with E-state index >= 15 is 0 Å². The molecular weight excluding hydrogens is 701 g/mol. The summed E-state index contributed by atoms with van der Waals surface area (Å²) < 4.78 is 22.6. The summed E-state index contributed by atoms with van der Waals surface area (Å²) in [5.74, 6) is -4.61. The molecule has 1 aliphatic rings. The summed E-state index contributed by atoms with van der Waals surface area (Å²) in [6, 6.07) is 12.9. The minimum absolute atomic E-state index is 0.0287. The van der Waals surface area contributed by atoms with Gasteiger partial charge in [-0.3, -0.25) is 19.2 Å². The Bertz CT molecular complexity index is 1540. The molecule has 1 unspecified atom stereocenters. The van der Waals surface area contributed by atoms with Gasteiger partial charge in [0, 0.05) is 25.3 Å². The first-order chi connectivity index (χ1) is 24.2. The Morgan fingerprint density at radius 2 is 1.75 bits per heavy atom. The quantitative estimate of drug-likeness (QED) is 0.170. The number of esters is 3. The number of cyclic esters (lactones) is 2. The lowest BCUT2D eigenvalue weighted by Gasteiger charge is -2.33. The van der Waals surface area contributed by atoms with E-state index in [-0.39, 0.29) is 31.7 Å². The first kappa shape index (κ1) is 41.3. The van der Waals surface area contributed by atoms with E-state index in [1.54, 1.807) is 56.3 Å². The highest BCUT2D eigenvalue weighted by Gasteiger charge is 2.38. The first-order valence-corrected chi connectivity index (χ1v) is 17.6. The summed E-state index contributed by atoms with van der Waals surface area (Å²) in [5.41, 5.74) is 6.87. The second kappa shape index (κ2) is 20.0. The number of carbonyl (C=O) groups is 5. The summed E-state index contributed by atoms with van der Waals surface area (Å²) in [5, 5.41) is 4.88. The van der Waals surface area contributed by atoms with E-state index in [2.05, 4.69) is 10.6 Å². The van der Waals surface area contributed by atoms with Gasteiger partial charge in [-0.05, 0) is 41.7 Å². The van der Waals surface area contributed by atoms with E-state index < -0.39 is 77.8 Å². The van der Waals surface area contributed by atoms with Crippen molar-refractivity contribution in [3.05, 3.63) is 76.8 Å². The molecule has 12 nitrogen and oxygen atoms in total. The Labute approximate surface area is 308 Å². The van der Waals surface area contributed by atoms with Crippen LogP contribution in [-0.4, -0.2) is 74.3 Å². The molecule has 0 fully saturated rings. The van der Waals surface area contributed by atoms with Crippen LogP contribution in [0.4, 0.5) is 0 Å². The molecule has 2 amide bonds. The van der Waals surface area contributed by atoms with Gasteiger partial charge in [-0.15, -0.1) is 11.6 Å². The largest absolute Gasteiger partial charge is 0.495 e. The third-order valence-electron chi connectivity index (χ3n) is 8.33. The van der Waals surface area contributed by atoms with E-state index in [1.165, 1.54) is 19.3 Å². The van der Waals surface area contributed by atoms with Gasteiger partial charge < -0.3 is 35.3 Å². The summed E-state index contributed by atoms with van der Waals surface area (Å²) >= 11 is 13.2. The fraction of sp³-hybridized carbons (Fsp3) is 0.486. The van der Waals surface area contributed by atoms with Gasteiger partial charge in [-0.1, -0.05) is 81.8 Å². The predicted molar refractivity (Wildman–Crippen MR) is 192 cm³/mol. The van der Waals surface area contributed by atoms with E-state index in [0.717, 1.165) is 0 Å². The van der Waals surface area contributed by atoms with Gasteiger partial charge in [0.1, 0.15) is 24.0 Å². The summed E-state index contributed by atoms with van der Waals surface area (Å²) in [6.07, 6.45) is -0.398. The molecule has 278 valence electrons. The molecule has 0 aromatic heterocycles. The lowest BCUT2D eigenvalue weighted by Crippen LogP contribution is -2.49. The number of hydrogen-bond donors (Lipinski definition) is 3. The fourth-order valence-electron chi connectivity index (χ4n) is 5.41. The zero-order valence-electron chi connectivity index (χ0n) is 29.4. The van der Waals surface area contributed by atoms with Crippen LogP contribution >= 0.6 is 23.2 Å². The standard InChI is InChI=1S/C37H47Cl2N3O9/c1-21(2)16-30-37(47)49-28(23(4)34(51-32(44)19-40)33(39)25-10-7-6-8-11-25)12-9-13-31(43)42-27(35(45)41-20-22(3)36(46)50-30)18-24-14-15-29(48-5)26(38)17-24/h6-11,13-15,17,21-23,27-28,30,33-34H,12,16,18-20,40H2,1-5H3,(H,41,45)(H,42,43)/b13-9+/t22-,23+,27-,28?,30+,33+,34-/m1/s1. The lowest BCUT2D eigenvalue weighted by atomic mass is 9.90. The molecule has 2 aromatic rings. The first-order valence-electron chi connectivity index (χ1n) is 16.8. The molecule has 0 radical (unpaired) electrons. The zero-order valence-corrected chi connectivity index (χ0v) is 30.9. The Balaban J connectivity index is 2.00. The van der Waals surface area contributed by atoms with Crippen LogP contribution in [0.3, 0.4) is 0 Å². The molecule has 0 saturated carbocycles. The van der Waals surface area contributed by atoms with E-state index in [4.69, 9.17) is 47.9 Å². The van der Waals surface area contributed by atoms with Crippen LogP contribution in [0.25, 0.3) is 0 Å². The van der Waals surface area contributed by atoms with Crippen LogP contribution in [0.15, 0.2) is 60.7 Å². The van der Waals surface area contributed by atoms with Crippen LogP contribution in [0.1, 0.15) is 57.0 Å². The number of ether oxygens (including phenoxy) is 4. The molecule has 4 N–H and O–H groups in total. The van der Waals surface area contributed by atoms with Gasteiger partial charge in [0.05, 0.1) is 30.0 Å². The van der Waals surface area contributed by atoms with Crippen molar-refractivity contribution < 1.29 is 42.9 Å². The summed E-state index contributed by atoms with van der Waals surface area (Å²) in [7, 11) is 1.48. The van der Waals surface area contributed by atoms with Crippen molar-refractivity contribution >= 4 is 52.9 Å². The molecule has 51 heavy (non-hydrogen) atoms. The van der Waals surface area contributed by atoms with Crippen molar-refractivity contribution in [2.75, 3.05) is 20.2 Å². The van der Waals surface area contributed by atoms with Crippen molar-refractivity contribution in [2.24, 2.45) is 23.5 Å². The smallest absolute Gasteiger partial charge is 0.347 e. The Morgan fingerprint density at radius 1 is 1.04 bits per heavy atom. The molecule has 0 bridgehead atoms. The maximum absolute atomic E-state index is 13.7. The summed E-state index contributed by atoms with van der Waals surface area (Å²) in [4.78, 5) is 66.0. The van der Waals surface area contributed by atoms with E-state index in [1.807, 2.05) is 19.9 Å². The molecule has 14 heteroatoms. The number of rotatable bonds is 11. The number of carbonyl (C=O) groups excluding carboxylic acids is 5. The van der Waals surface area contributed by atoms with Gasteiger partial charge >= 0.3 is 17.9 Å². The number of hydrogen-bond acceptors (Lipinski definition) is 10. The summed E-state index contributed by atoms with van der Waals surface area (Å²) in [6.45, 7) is 6.44. The maximum atomic E-state index is 13.7. The van der Waals surface area contributed by atoms with Gasteiger partial charge in [-0.2, -0.15) is 0 Å². The van der Waals surface area contributed by atoms with E-state index in [0.29, 0.717) is 21.9 Å². The lowest BCUT2D eigenvalue weighted by molar-refractivity contribution is -0.179. The third-order valence-corrected chi connectivity index (χ3v) is 9.13. The minimum Gasteiger partial charge on any atom is -0.495 e. The van der Waals surface area contributed by atoms with Crippen molar-refractivity contribution in [1.82, 2.24) is 10.6 Å². The minimum atomic E-state index is -1.27. The van der Waals surface area contributed by atoms with Gasteiger partial charge in [0.2, 0.25) is 11.8 Å². The van der Waals surface area contributed by atoms with Crippen LogP contribution in [-0.2, 0) is 44.6 Å². The number of benzene rings is 2. The Kier molecular flexibility index (Phi) is 16.2. The van der Waals surface area contributed by atoms with E-state index in [9.17, 15) is 24.0 Å². The molecule has 2 aromatic carbocycles. The number of nitrogens with two attached hydrogens (primary N) is 1. The predicted octanol–water partition coefficient (Wildman–Crippen LogP) is 4.44. The topological polar surface area (TPSA) is 172 Å². The van der Waals surface area contributed by atoms with Crippen molar-refractivity contribution in [2.45, 2.75) is 76.7 Å². The van der Waals surface area contributed by atoms with Crippen LogP contribution in [0.2, 0.25) is 5.02 Å². The molecule has 1 aliphatic heterocycles. The fourth-order valence-corrected chi connectivity index (χ4v) is 6.12. The highest BCUT2D eigenvalue weighted by atomic mass is 35.5. The average Bonchev–Trinajstić information content (AvgIpc) is 3.10. The Hall–Kier alpha value is -4.13. The van der Waals surface area contributed by atoms with Gasteiger partial charge in [-0.25, -0.2) is 4.79 Å². The van der Waals surface area contributed by atoms with Crippen LogP contribution < -0.4 is 21.1 Å². The second-order valence-corrected chi connectivity index (χ2v) is 13.8. The monoisotopic (exact) mass is 747 g/mol. The number of halogens is 2. The zero-order chi connectivity index (χ0) is 37.7. The highest BCUT2D eigenvalue weighted by molar-refractivity contribution is 6.32. The number of amides is 2. The molecule has 0 saturated heterocycles. The number of nitrogens with one attached hydrogen (secondary N) is 2. The normalized spacial score (nSPS) is 23.2. The molecule has 7 atom stereocenters. The molecule has 1 heterocycles. The number of methoxy groups -OCH3 is 1. The number of alkyl halides is 1. The molecule has 0 aliphatic carbocycles. The van der Waals surface area contributed by atoms with Crippen molar-refractivity contribution in [3.8, 4) is 5.75 Å². The molecule has 0 spiro atoms. The third kappa shape index (κ3) is 12.6. The van der Waals surface area contributed by atoms with Crippen molar-refractivity contribution in [3.63, 3.8) is 0 Å². The SMILES string of the molecule is COc1ccc(C[C@H]2NC(=O)/C=C/CC([C@H](C)[C@@H](OC(=O)CN)[C@@H](Cl)c3ccccc3)OC(=O)[C@H](CC(C)C)OC(=O)[C@H](C)CNC2=O)cc1Cl. The molecular formula is C37H47Cl2N3O9. The van der Waals surface area contributed by atoms with Crippen LogP contribution in [0.5, 0.6) is 5.75 Å². The van der Waals surface area contributed by atoms with Gasteiger partial charge in [0.25, 0.3) is 0 Å². The maximum Gasteiger partial charge on any atom is 0.347 e. The molecule has 3 rings (SSSR count). The highest BCUT2D eigenvalue weighted by Crippen LogP contribution is 2.34. The average molecular weight is 749 g/mol. The van der Waals surface area contributed by atoms with Gasteiger partial charge in [0.15, 0.2) is 6.10 Å². The second-order valence-electron chi connectivity index (χ2n) is 12.9. The van der Waals surface area contributed by atoms with Crippen LogP contribution in [0, 0.1) is 17.8 Å². The Morgan fingerprint density at radius 3 is 2.37 bits per heavy atom. The van der Waals surface area contributed by atoms with Crippen molar-refractivity contribution in [1.29, 1.82) is 0 Å².